The molecule has 2 atom stereocenters. The number of benzene rings is 1. The van der Waals surface area contributed by atoms with Gasteiger partial charge in [0.25, 0.3) is 0 Å². The lowest BCUT2D eigenvalue weighted by Crippen LogP contribution is -2.37. The quantitative estimate of drug-likeness (QED) is 0.714. The van der Waals surface area contributed by atoms with E-state index in [0.29, 0.717) is 18.5 Å². The van der Waals surface area contributed by atoms with Gasteiger partial charge in [0.2, 0.25) is 0 Å². The second kappa shape index (κ2) is 10.6. The lowest BCUT2D eigenvalue weighted by atomic mass is 10.1. The van der Waals surface area contributed by atoms with Gasteiger partial charge in [0.1, 0.15) is 11.0 Å². The lowest BCUT2D eigenvalue weighted by molar-refractivity contribution is -0.136. The Balaban J connectivity index is 0.000000806. The maximum atomic E-state index is 12.6. The molecule has 0 aliphatic carbocycles. The average molecular weight is 447 g/mol. The van der Waals surface area contributed by atoms with Gasteiger partial charge in [-0.15, -0.1) is 11.3 Å². The number of nitrogens with zero attached hydrogens (tertiary/aromatic N) is 3. The zero-order valence-electron chi connectivity index (χ0n) is 17.3. The number of thiazole rings is 1. The molecule has 1 saturated heterocycles. The van der Waals surface area contributed by atoms with Crippen molar-refractivity contribution in [1.29, 1.82) is 0 Å². The van der Waals surface area contributed by atoms with E-state index in [2.05, 4.69) is 28.5 Å². The minimum absolute atomic E-state index is 0.0797. The summed E-state index contributed by atoms with van der Waals surface area (Å²) in [5.74, 6) is 0.379. The zero-order valence-corrected chi connectivity index (χ0v) is 19.0. The van der Waals surface area contributed by atoms with Crippen molar-refractivity contribution in [1.82, 2.24) is 14.6 Å². The molecular weight excluding hydrogens is 420 g/mol. The largest absolute Gasteiger partial charge is 0.466 e. The van der Waals surface area contributed by atoms with Gasteiger partial charge < -0.3 is 9.64 Å². The summed E-state index contributed by atoms with van der Waals surface area (Å²) in [5, 5.41) is 2.70. The van der Waals surface area contributed by atoms with E-state index in [4.69, 9.17) is 4.74 Å². The summed E-state index contributed by atoms with van der Waals surface area (Å²) in [6.45, 7) is 5.08. The van der Waals surface area contributed by atoms with Gasteiger partial charge in [-0.3, -0.25) is 4.99 Å². The molecule has 1 fully saturated rings. The highest BCUT2D eigenvalue weighted by Gasteiger charge is 2.38. The molecule has 4 rings (SSSR count). The van der Waals surface area contributed by atoms with E-state index >= 15 is 0 Å². The van der Waals surface area contributed by atoms with Crippen molar-refractivity contribution < 1.29 is 13.7 Å². The van der Waals surface area contributed by atoms with Crippen molar-refractivity contribution in [3.05, 3.63) is 58.2 Å². The molecule has 0 amide bonds. The van der Waals surface area contributed by atoms with Crippen LogP contribution in [0.25, 0.3) is 0 Å². The first-order valence-electron chi connectivity index (χ1n) is 9.84. The van der Waals surface area contributed by atoms with Crippen molar-refractivity contribution in [2.45, 2.75) is 37.6 Å². The van der Waals surface area contributed by atoms with Gasteiger partial charge in [0.15, 0.2) is 10.8 Å². The smallest absolute Gasteiger partial charge is 0.337 e. The number of aromatic nitrogens is 1. The molecule has 2 aromatic rings. The molecule has 3 heterocycles. The SMILES string of the molecule is CCC.COC(=O)C1=C2CC(NS(=O)c3ccccc3)CN2C(c2nccs2)=NC1. The molecule has 0 spiro atoms. The summed E-state index contributed by atoms with van der Waals surface area (Å²) in [6, 6.07) is 9.18. The molecule has 0 saturated carbocycles. The van der Waals surface area contributed by atoms with Crippen LogP contribution in [-0.4, -0.2) is 52.1 Å². The van der Waals surface area contributed by atoms with E-state index in [0.717, 1.165) is 21.4 Å². The zero-order chi connectivity index (χ0) is 21.5. The standard InChI is InChI=1S/C18H18N4O3S2.C3H8/c1-25-18(23)14-10-20-16(17-19-7-8-26-17)22-11-12(9-15(14)22)21-27(24)13-5-3-2-4-6-13;1-3-2/h2-8,12,21H,9-11H2,1H3;3H2,1-2H3. The Bertz CT molecular complexity index is 942. The fourth-order valence-electron chi connectivity index (χ4n) is 3.23. The number of amidine groups is 1. The molecule has 0 bridgehead atoms. The van der Waals surface area contributed by atoms with Crippen LogP contribution in [0.3, 0.4) is 0 Å². The highest BCUT2D eigenvalue weighted by molar-refractivity contribution is 7.83. The van der Waals surface area contributed by atoms with Crippen molar-refractivity contribution in [2.24, 2.45) is 4.99 Å². The Hall–Kier alpha value is -2.36. The maximum Gasteiger partial charge on any atom is 0.337 e. The fourth-order valence-corrected chi connectivity index (χ4v) is 4.89. The number of aliphatic imine (C=N–C) groups is 1. The Morgan fingerprint density at radius 3 is 2.70 bits per heavy atom. The van der Waals surface area contributed by atoms with Crippen LogP contribution >= 0.6 is 11.3 Å². The lowest BCUT2D eigenvalue weighted by Gasteiger charge is -2.26. The molecule has 2 unspecified atom stereocenters. The third-order valence-electron chi connectivity index (χ3n) is 4.45. The van der Waals surface area contributed by atoms with Crippen molar-refractivity contribution >= 4 is 34.1 Å². The van der Waals surface area contributed by atoms with Gasteiger partial charge in [0.05, 0.1) is 24.1 Å². The van der Waals surface area contributed by atoms with Crippen LogP contribution in [0.2, 0.25) is 0 Å². The normalized spacial score (nSPS) is 18.8. The number of hydrogen-bond acceptors (Lipinski definition) is 7. The number of methoxy groups -OCH3 is 1. The number of hydrogen-bond donors (Lipinski definition) is 1. The molecular formula is C21H26N4O3S2. The van der Waals surface area contributed by atoms with E-state index in [9.17, 15) is 9.00 Å². The predicted molar refractivity (Wildman–Crippen MR) is 120 cm³/mol. The van der Waals surface area contributed by atoms with E-state index in [1.54, 1.807) is 6.20 Å². The number of fused-ring (bicyclic) bond motifs is 1. The van der Waals surface area contributed by atoms with Gasteiger partial charge >= 0.3 is 5.97 Å². The summed E-state index contributed by atoms with van der Waals surface area (Å²) >= 11 is 1.50. The summed E-state index contributed by atoms with van der Waals surface area (Å²) in [4.78, 5) is 23.8. The second-order valence-corrected chi connectivity index (χ2v) is 8.95. The molecule has 1 N–H and O–H groups in total. The van der Waals surface area contributed by atoms with Gasteiger partial charge in [-0.2, -0.15) is 0 Å². The first kappa shape index (κ1) is 22.3. The minimum atomic E-state index is -1.33. The van der Waals surface area contributed by atoms with Crippen LogP contribution in [0.5, 0.6) is 0 Å². The topological polar surface area (TPSA) is 83.9 Å². The Morgan fingerprint density at radius 1 is 1.33 bits per heavy atom. The predicted octanol–water partition coefficient (Wildman–Crippen LogP) is 3.13. The number of carbonyl (C=O) groups is 1. The van der Waals surface area contributed by atoms with Crippen molar-refractivity contribution in [2.75, 3.05) is 20.2 Å². The summed E-state index contributed by atoms with van der Waals surface area (Å²) in [5.41, 5.74) is 1.41. The van der Waals surface area contributed by atoms with E-state index in [-0.39, 0.29) is 18.6 Å². The molecule has 9 heteroatoms. The minimum Gasteiger partial charge on any atom is -0.466 e. The Kier molecular flexibility index (Phi) is 7.89. The average Bonchev–Trinajstić information content (AvgIpc) is 3.43. The third kappa shape index (κ3) is 5.03. The molecule has 7 nitrogen and oxygen atoms in total. The Labute approximate surface area is 183 Å². The Morgan fingerprint density at radius 2 is 2.07 bits per heavy atom. The monoisotopic (exact) mass is 446 g/mol. The third-order valence-corrected chi connectivity index (χ3v) is 6.46. The van der Waals surface area contributed by atoms with Gasteiger partial charge in [-0.25, -0.2) is 18.7 Å². The molecule has 2 aliphatic rings. The van der Waals surface area contributed by atoms with Crippen LogP contribution in [0, 0.1) is 0 Å². The summed E-state index contributed by atoms with van der Waals surface area (Å²) in [6.07, 6.45) is 3.56. The van der Waals surface area contributed by atoms with Crippen molar-refractivity contribution in [3.63, 3.8) is 0 Å². The van der Waals surface area contributed by atoms with E-state index in [1.165, 1.54) is 24.9 Å². The molecule has 1 aromatic carbocycles. The number of rotatable bonds is 5. The van der Waals surface area contributed by atoms with Crippen LogP contribution in [-0.2, 0) is 20.5 Å². The van der Waals surface area contributed by atoms with Crippen LogP contribution < -0.4 is 4.72 Å². The summed E-state index contributed by atoms with van der Waals surface area (Å²) in [7, 11) is 0.0438. The van der Waals surface area contributed by atoms with Crippen LogP contribution in [0.1, 0.15) is 31.7 Å². The van der Waals surface area contributed by atoms with E-state index in [1.807, 2.05) is 40.6 Å². The van der Waals surface area contributed by atoms with Gasteiger partial charge in [0, 0.05) is 36.3 Å². The number of nitrogens with one attached hydrogen (secondary N) is 1. The fraction of sp³-hybridized carbons (Fsp3) is 0.381. The first-order chi connectivity index (χ1) is 14.6. The number of esters is 1. The van der Waals surface area contributed by atoms with E-state index < -0.39 is 11.0 Å². The number of carbonyl (C=O) groups excluding carboxylic acids is 1. The van der Waals surface area contributed by atoms with Gasteiger partial charge in [-0.1, -0.05) is 38.5 Å². The summed E-state index contributed by atoms with van der Waals surface area (Å²) < 4.78 is 20.7. The van der Waals surface area contributed by atoms with Gasteiger partial charge in [-0.05, 0) is 12.1 Å². The van der Waals surface area contributed by atoms with Crippen molar-refractivity contribution in [3.8, 4) is 0 Å². The first-order valence-corrected chi connectivity index (χ1v) is 11.9. The highest BCUT2D eigenvalue weighted by Crippen LogP contribution is 2.32. The highest BCUT2D eigenvalue weighted by atomic mass is 32.2. The number of ether oxygens (including phenoxy) is 1. The molecule has 160 valence electrons. The maximum absolute atomic E-state index is 12.6. The molecule has 0 radical (unpaired) electrons. The second-order valence-electron chi connectivity index (χ2n) is 6.81. The molecule has 2 aliphatic heterocycles. The van der Waals surface area contributed by atoms with Crippen LogP contribution in [0.4, 0.5) is 0 Å². The molecule has 30 heavy (non-hydrogen) atoms. The van der Waals surface area contributed by atoms with Crippen LogP contribution in [0.15, 0.2) is 63.1 Å². The molecule has 1 aromatic heterocycles.